The summed E-state index contributed by atoms with van der Waals surface area (Å²) in [7, 11) is 4.39. The Kier molecular flexibility index (Phi) is 4.41. The van der Waals surface area contributed by atoms with E-state index in [4.69, 9.17) is 0 Å². The molecular formula is C31H23Si. The van der Waals surface area contributed by atoms with Crippen molar-refractivity contribution in [3.63, 3.8) is 0 Å². The van der Waals surface area contributed by atoms with Crippen LogP contribution in [0.2, 0.25) is 5.04 Å². The highest BCUT2D eigenvalue weighted by Gasteiger charge is 2.55. The molecule has 151 valence electrons. The maximum absolute atomic E-state index is 4.39. The van der Waals surface area contributed by atoms with Gasteiger partial charge < -0.3 is 0 Å². The number of benzene rings is 4. The molecule has 0 saturated carbocycles. The Morgan fingerprint density at radius 3 is 1.69 bits per heavy atom. The van der Waals surface area contributed by atoms with Gasteiger partial charge >= 0.3 is 0 Å². The normalized spacial score (nSPS) is 20.3. The number of fused-ring (bicyclic) bond motifs is 3. The lowest BCUT2D eigenvalue weighted by atomic mass is 9.61. The van der Waals surface area contributed by atoms with Gasteiger partial charge in [0.2, 0.25) is 0 Å². The first-order valence-corrected chi connectivity index (χ1v) is 11.7. The van der Waals surface area contributed by atoms with Crippen LogP contribution < -0.4 is 0 Å². The van der Waals surface area contributed by atoms with Gasteiger partial charge in [-0.3, -0.25) is 0 Å². The molecule has 32 heavy (non-hydrogen) atoms. The third-order valence-electron chi connectivity index (χ3n) is 7.13. The minimum absolute atomic E-state index is 0.296. The molecule has 0 aromatic heterocycles. The number of allylic oxidation sites excluding steroid dienone is 4. The Morgan fingerprint density at radius 2 is 1.12 bits per heavy atom. The fourth-order valence-electron chi connectivity index (χ4n) is 5.73. The Hall–Kier alpha value is -3.42. The van der Waals surface area contributed by atoms with Crippen LogP contribution in [0.25, 0.3) is 16.7 Å². The van der Waals surface area contributed by atoms with Crippen LogP contribution in [0.3, 0.4) is 0 Å². The van der Waals surface area contributed by atoms with E-state index in [0.717, 1.165) is 6.42 Å². The second-order valence-corrected chi connectivity index (χ2v) is 9.63. The molecule has 0 fully saturated rings. The summed E-state index contributed by atoms with van der Waals surface area (Å²) in [6.07, 6.45) is 7.96. The van der Waals surface area contributed by atoms with Gasteiger partial charge in [-0.15, -0.1) is 0 Å². The standard InChI is InChI=1S/C31H23Si/c32-30(21-19-24(20-22-30)23-11-3-1-4-12-23)31(25-13-5-2-6-14-25)28-17-9-7-15-26(28)27-16-8-10-18-29(27)31/h1-21H,22H2. The smallest absolute Gasteiger partial charge is 0.0524 e. The zero-order chi connectivity index (χ0) is 21.6. The molecule has 2 aliphatic rings. The van der Waals surface area contributed by atoms with Crippen molar-refractivity contribution in [1.29, 1.82) is 0 Å². The Bertz CT molecular complexity index is 1300. The summed E-state index contributed by atoms with van der Waals surface area (Å²) in [5, 5.41) is -0.296. The van der Waals surface area contributed by atoms with E-state index in [9.17, 15) is 0 Å². The third-order valence-corrected chi connectivity index (χ3v) is 7.87. The van der Waals surface area contributed by atoms with Crippen LogP contribution >= 0.6 is 0 Å². The van der Waals surface area contributed by atoms with Crippen molar-refractivity contribution in [2.45, 2.75) is 16.9 Å². The number of hydrogen-bond acceptors (Lipinski definition) is 0. The second-order valence-electron chi connectivity index (χ2n) is 8.74. The van der Waals surface area contributed by atoms with Crippen molar-refractivity contribution < 1.29 is 0 Å². The maximum Gasteiger partial charge on any atom is 0.0524 e. The topological polar surface area (TPSA) is 0 Å². The van der Waals surface area contributed by atoms with Gasteiger partial charge in [-0.2, -0.15) is 0 Å². The molecule has 0 nitrogen and oxygen atoms in total. The molecule has 1 heteroatoms. The van der Waals surface area contributed by atoms with E-state index in [1.165, 1.54) is 39.0 Å². The minimum Gasteiger partial charge on any atom is -0.0794 e. The molecule has 0 aliphatic heterocycles. The molecular weight excluding hydrogens is 400 g/mol. The summed E-state index contributed by atoms with van der Waals surface area (Å²) in [4.78, 5) is 0. The van der Waals surface area contributed by atoms with Gasteiger partial charge in [0.05, 0.1) is 5.41 Å². The average molecular weight is 424 g/mol. The van der Waals surface area contributed by atoms with Crippen molar-refractivity contribution >= 4 is 15.8 Å². The summed E-state index contributed by atoms with van der Waals surface area (Å²) in [5.74, 6) is 0. The van der Waals surface area contributed by atoms with Crippen LogP contribution in [0.5, 0.6) is 0 Å². The maximum atomic E-state index is 4.39. The van der Waals surface area contributed by atoms with Crippen LogP contribution in [0.4, 0.5) is 0 Å². The van der Waals surface area contributed by atoms with Crippen LogP contribution in [0.15, 0.2) is 127 Å². The second kappa shape index (κ2) is 7.32. The molecule has 0 bridgehead atoms. The molecule has 1 unspecified atom stereocenters. The van der Waals surface area contributed by atoms with E-state index < -0.39 is 0 Å². The molecule has 0 heterocycles. The van der Waals surface area contributed by atoms with Gasteiger partial charge in [0.15, 0.2) is 0 Å². The van der Waals surface area contributed by atoms with E-state index >= 15 is 0 Å². The van der Waals surface area contributed by atoms with Gasteiger partial charge in [0, 0.05) is 10.2 Å². The zero-order valence-corrected chi connectivity index (χ0v) is 18.8. The molecule has 3 radical (unpaired) electrons. The lowest BCUT2D eigenvalue weighted by molar-refractivity contribution is 0.480. The molecule has 4 aromatic carbocycles. The van der Waals surface area contributed by atoms with Crippen molar-refractivity contribution in [2.75, 3.05) is 0 Å². The fourth-order valence-corrected chi connectivity index (χ4v) is 6.33. The first-order chi connectivity index (χ1) is 15.7. The molecule has 0 amide bonds. The SMILES string of the molecule is [Si]C1(C2(c3ccccc3)c3ccccc3-c3ccccc32)C=CC(c2ccccc2)=CC1. The largest absolute Gasteiger partial charge is 0.0794 e. The Morgan fingerprint density at radius 1 is 0.594 bits per heavy atom. The highest BCUT2D eigenvalue weighted by atomic mass is 28.1. The monoisotopic (exact) mass is 423 g/mol. The third kappa shape index (κ3) is 2.61. The van der Waals surface area contributed by atoms with Gasteiger partial charge in [-0.1, -0.05) is 127 Å². The molecule has 0 spiro atoms. The predicted octanol–water partition coefficient (Wildman–Crippen LogP) is 7.37. The van der Waals surface area contributed by atoms with Crippen molar-refractivity contribution in [2.24, 2.45) is 0 Å². The Balaban J connectivity index is 1.61. The molecule has 0 N–H and O–H groups in total. The lowest BCUT2D eigenvalue weighted by Gasteiger charge is -2.48. The van der Waals surface area contributed by atoms with Crippen molar-refractivity contribution in [1.82, 2.24) is 0 Å². The van der Waals surface area contributed by atoms with Gasteiger partial charge in [0.1, 0.15) is 0 Å². The average Bonchev–Trinajstić information content (AvgIpc) is 3.18. The highest BCUT2D eigenvalue weighted by molar-refractivity contribution is 6.20. The predicted molar refractivity (Wildman–Crippen MR) is 135 cm³/mol. The fraction of sp³-hybridized carbons (Fsp3) is 0.0968. The minimum atomic E-state index is -0.326. The number of rotatable bonds is 3. The molecule has 6 rings (SSSR count). The van der Waals surface area contributed by atoms with Crippen molar-refractivity contribution in [3.05, 3.63) is 150 Å². The van der Waals surface area contributed by atoms with E-state index in [2.05, 4.69) is 138 Å². The highest BCUT2D eigenvalue weighted by Crippen LogP contribution is 2.65. The van der Waals surface area contributed by atoms with Gasteiger partial charge in [0.25, 0.3) is 0 Å². The summed E-state index contributed by atoms with van der Waals surface area (Å²) in [6.45, 7) is 0. The van der Waals surface area contributed by atoms with Crippen LogP contribution in [0.1, 0.15) is 28.7 Å². The van der Waals surface area contributed by atoms with Gasteiger partial charge in [-0.25, -0.2) is 0 Å². The van der Waals surface area contributed by atoms with E-state index in [1.807, 2.05) is 0 Å². The first kappa shape index (κ1) is 19.3. The summed E-state index contributed by atoms with van der Waals surface area (Å²) in [5.41, 5.74) is 8.92. The summed E-state index contributed by atoms with van der Waals surface area (Å²) >= 11 is 0. The summed E-state index contributed by atoms with van der Waals surface area (Å²) < 4.78 is 0. The zero-order valence-electron chi connectivity index (χ0n) is 17.8. The molecule has 1 atom stereocenters. The van der Waals surface area contributed by atoms with E-state index in [1.54, 1.807) is 0 Å². The number of hydrogen-bond donors (Lipinski definition) is 0. The quantitative estimate of drug-likeness (QED) is 0.302. The van der Waals surface area contributed by atoms with Crippen LogP contribution in [0, 0.1) is 0 Å². The molecule has 4 aromatic rings. The van der Waals surface area contributed by atoms with Gasteiger partial charge in [-0.05, 0) is 50.4 Å². The van der Waals surface area contributed by atoms with Crippen LogP contribution in [-0.4, -0.2) is 10.2 Å². The van der Waals surface area contributed by atoms with Crippen molar-refractivity contribution in [3.8, 4) is 11.1 Å². The molecule has 2 aliphatic carbocycles. The lowest BCUT2D eigenvalue weighted by Crippen LogP contribution is -2.41. The first-order valence-electron chi connectivity index (χ1n) is 11.2. The van der Waals surface area contributed by atoms with Crippen LogP contribution in [-0.2, 0) is 5.41 Å². The Labute approximate surface area is 193 Å². The summed E-state index contributed by atoms with van der Waals surface area (Å²) in [6, 6.07) is 39.5. The molecule has 0 saturated heterocycles. The van der Waals surface area contributed by atoms with E-state index in [-0.39, 0.29) is 10.5 Å². The van der Waals surface area contributed by atoms with E-state index in [0.29, 0.717) is 0 Å².